The first-order chi connectivity index (χ1) is 12.5. The van der Waals surface area contributed by atoms with Crippen molar-refractivity contribution < 1.29 is 24.2 Å². The Morgan fingerprint density at radius 3 is 2.27 bits per heavy atom. The molecular weight excluding hydrogens is 334 g/mol. The summed E-state index contributed by atoms with van der Waals surface area (Å²) in [5.41, 5.74) is 1.15. The number of likely N-dealkylation sites (tertiary alicyclic amines) is 1. The summed E-state index contributed by atoms with van der Waals surface area (Å²) in [7, 11) is 0. The van der Waals surface area contributed by atoms with Crippen LogP contribution >= 0.6 is 0 Å². The zero-order chi connectivity index (χ0) is 18.5. The van der Waals surface area contributed by atoms with E-state index < -0.39 is 11.9 Å². The van der Waals surface area contributed by atoms with Gasteiger partial charge < -0.3 is 14.7 Å². The Morgan fingerprint density at radius 1 is 1.00 bits per heavy atom. The van der Waals surface area contributed by atoms with Crippen LogP contribution in [-0.2, 0) is 9.59 Å². The molecule has 1 amide bonds. The van der Waals surface area contributed by atoms with E-state index in [4.69, 9.17) is 9.84 Å². The number of hydrogen-bond acceptors (Lipinski definition) is 4. The third kappa shape index (κ3) is 4.08. The normalized spacial score (nSPS) is 16.3. The molecular formula is C20H19NO5. The van der Waals surface area contributed by atoms with E-state index >= 15 is 0 Å². The number of amides is 1. The van der Waals surface area contributed by atoms with E-state index in [0.717, 1.165) is 0 Å². The predicted octanol–water partition coefficient (Wildman–Crippen LogP) is 2.23. The fraction of sp³-hybridized carbons (Fsp3) is 0.250. The number of ketones is 1. The van der Waals surface area contributed by atoms with Gasteiger partial charge in [0.1, 0.15) is 5.75 Å². The predicted molar refractivity (Wildman–Crippen MR) is 94.1 cm³/mol. The van der Waals surface area contributed by atoms with Crippen molar-refractivity contribution in [3.8, 4) is 5.75 Å². The number of carboxylic acids is 1. The Hall–Kier alpha value is -3.15. The number of carbonyl (C=O) groups excluding carboxylic acids is 2. The summed E-state index contributed by atoms with van der Waals surface area (Å²) in [6.07, 6.45) is 0.470. The second kappa shape index (κ2) is 7.82. The van der Waals surface area contributed by atoms with E-state index in [1.54, 1.807) is 36.4 Å². The maximum Gasteiger partial charge on any atom is 0.308 e. The minimum Gasteiger partial charge on any atom is -0.484 e. The van der Waals surface area contributed by atoms with Crippen LogP contribution in [0.4, 0.5) is 0 Å². The number of benzene rings is 2. The first kappa shape index (κ1) is 17.7. The average molecular weight is 353 g/mol. The van der Waals surface area contributed by atoms with Gasteiger partial charge in [0.05, 0.1) is 5.92 Å². The molecule has 1 saturated heterocycles. The Bertz CT molecular complexity index is 801. The summed E-state index contributed by atoms with van der Waals surface area (Å²) in [5, 5.41) is 8.98. The Kier molecular flexibility index (Phi) is 5.31. The topological polar surface area (TPSA) is 83.9 Å². The summed E-state index contributed by atoms with van der Waals surface area (Å²) >= 11 is 0. The number of aliphatic carboxylic acids is 1. The minimum atomic E-state index is -0.875. The van der Waals surface area contributed by atoms with Crippen molar-refractivity contribution >= 4 is 17.7 Å². The molecule has 2 aromatic rings. The number of rotatable bonds is 6. The first-order valence-corrected chi connectivity index (χ1v) is 8.38. The molecule has 1 fully saturated rings. The lowest BCUT2D eigenvalue weighted by Gasteiger charge is -2.16. The van der Waals surface area contributed by atoms with Crippen LogP contribution in [0.3, 0.4) is 0 Å². The summed E-state index contributed by atoms with van der Waals surface area (Å²) < 4.78 is 5.47. The lowest BCUT2D eigenvalue weighted by atomic mass is 10.0. The molecule has 1 atom stereocenters. The SMILES string of the molecule is O=C(c1ccccc1)c1ccc(OCC(=O)N2CC[C@H](C(=O)O)C2)cc1. The van der Waals surface area contributed by atoms with Crippen molar-refractivity contribution in [2.45, 2.75) is 6.42 Å². The smallest absolute Gasteiger partial charge is 0.308 e. The van der Waals surface area contributed by atoms with Gasteiger partial charge >= 0.3 is 5.97 Å². The molecule has 3 rings (SSSR count). The van der Waals surface area contributed by atoms with Crippen LogP contribution in [0, 0.1) is 5.92 Å². The molecule has 0 bridgehead atoms. The second-order valence-electron chi connectivity index (χ2n) is 6.17. The molecule has 0 saturated carbocycles. The third-order valence-electron chi connectivity index (χ3n) is 4.40. The molecule has 2 aromatic carbocycles. The molecule has 0 radical (unpaired) electrons. The number of ether oxygens (including phenoxy) is 1. The molecule has 1 heterocycles. The van der Waals surface area contributed by atoms with Gasteiger partial charge in [-0.2, -0.15) is 0 Å². The fourth-order valence-electron chi connectivity index (χ4n) is 2.88. The van der Waals surface area contributed by atoms with Crippen LogP contribution in [0.1, 0.15) is 22.3 Å². The minimum absolute atomic E-state index is 0.0787. The van der Waals surface area contributed by atoms with Gasteiger partial charge in [-0.15, -0.1) is 0 Å². The molecule has 6 heteroatoms. The van der Waals surface area contributed by atoms with E-state index in [1.807, 2.05) is 18.2 Å². The van der Waals surface area contributed by atoms with Gasteiger partial charge in [0.15, 0.2) is 12.4 Å². The maximum absolute atomic E-state index is 12.3. The molecule has 134 valence electrons. The van der Waals surface area contributed by atoms with Crippen molar-refractivity contribution in [1.29, 1.82) is 0 Å². The van der Waals surface area contributed by atoms with Crippen molar-refractivity contribution in [3.63, 3.8) is 0 Å². The molecule has 0 unspecified atom stereocenters. The van der Waals surface area contributed by atoms with E-state index in [-0.39, 0.29) is 24.8 Å². The number of carboxylic acid groups (broad SMARTS) is 1. The lowest BCUT2D eigenvalue weighted by Crippen LogP contribution is -2.33. The zero-order valence-electron chi connectivity index (χ0n) is 14.1. The third-order valence-corrected chi connectivity index (χ3v) is 4.40. The molecule has 1 aliphatic rings. The highest BCUT2D eigenvalue weighted by molar-refractivity contribution is 6.08. The van der Waals surface area contributed by atoms with Crippen molar-refractivity contribution in [2.75, 3.05) is 19.7 Å². The Balaban J connectivity index is 1.54. The van der Waals surface area contributed by atoms with Gasteiger partial charge in [0.25, 0.3) is 5.91 Å². The summed E-state index contributed by atoms with van der Waals surface area (Å²) in [6.45, 7) is 0.504. The Labute approximate surface area is 151 Å². The monoisotopic (exact) mass is 353 g/mol. The highest BCUT2D eigenvalue weighted by atomic mass is 16.5. The van der Waals surface area contributed by atoms with Crippen LogP contribution in [0.2, 0.25) is 0 Å². The highest BCUT2D eigenvalue weighted by Crippen LogP contribution is 2.18. The molecule has 6 nitrogen and oxygen atoms in total. The Morgan fingerprint density at radius 2 is 1.65 bits per heavy atom. The second-order valence-corrected chi connectivity index (χ2v) is 6.17. The standard InChI is InChI=1S/C20H19NO5/c22-18(21-11-10-16(12-21)20(24)25)13-26-17-8-6-15(7-9-17)19(23)14-4-2-1-3-5-14/h1-9,16H,10-13H2,(H,24,25)/t16-/m0/s1. The summed E-state index contributed by atoms with van der Waals surface area (Å²) in [6, 6.07) is 15.6. The van der Waals surface area contributed by atoms with Gasteiger partial charge in [0.2, 0.25) is 0 Å². The van der Waals surface area contributed by atoms with E-state index in [2.05, 4.69) is 0 Å². The van der Waals surface area contributed by atoms with Crippen LogP contribution in [0.5, 0.6) is 5.75 Å². The van der Waals surface area contributed by atoms with Crippen molar-refractivity contribution in [3.05, 3.63) is 65.7 Å². The molecule has 1 aliphatic heterocycles. The van der Waals surface area contributed by atoms with Gasteiger partial charge in [-0.1, -0.05) is 30.3 Å². The molecule has 0 aliphatic carbocycles. The van der Waals surface area contributed by atoms with E-state index in [0.29, 0.717) is 29.8 Å². The average Bonchev–Trinajstić information content (AvgIpc) is 3.17. The van der Waals surface area contributed by atoms with Gasteiger partial charge in [-0.3, -0.25) is 14.4 Å². The van der Waals surface area contributed by atoms with Crippen LogP contribution < -0.4 is 4.74 Å². The van der Waals surface area contributed by atoms with Crippen LogP contribution in [0.15, 0.2) is 54.6 Å². The number of hydrogen-bond donors (Lipinski definition) is 1. The fourth-order valence-corrected chi connectivity index (χ4v) is 2.88. The zero-order valence-corrected chi connectivity index (χ0v) is 14.1. The maximum atomic E-state index is 12.3. The van der Waals surface area contributed by atoms with E-state index in [9.17, 15) is 14.4 Å². The lowest BCUT2D eigenvalue weighted by molar-refractivity contribution is -0.141. The molecule has 0 spiro atoms. The quantitative estimate of drug-likeness (QED) is 0.805. The largest absolute Gasteiger partial charge is 0.484 e. The van der Waals surface area contributed by atoms with Crippen LogP contribution in [0.25, 0.3) is 0 Å². The summed E-state index contributed by atoms with van der Waals surface area (Å²) in [4.78, 5) is 36.9. The molecule has 1 N–H and O–H groups in total. The molecule has 0 aromatic heterocycles. The first-order valence-electron chi connectivity index (χ1n) is 8.38. The van der Waals surface area contributed by atoms with Gasteiger partial charge in [-0.25, -0.2) is 0 Å². The van der Waals surface area contributed by atoms with E-state index in [1.165, 1.54) is 4.90 Å². The van der Waals surface area contributed by atoms with Crippen molar-refractivity contribution in [2.24, 2.45) is 5.92 Å². The van der Waals surface area contributed by atoms with Gasteiger partial charge in [0, 0.05) is 24.2 Å². The number of carbonyl (C=O) groups is 3. The highest BCUT2D eigenvalue weighted by Gasteiger charge is 2.30. The van der Waals surface area contributed by atoms with Crippen molar-refractivity contribution in [1.82, 2.24) is 4.90 Å². The molecule has 26 heavy (non-hydrogen) atoms. The number of nitrogens with zero attached hydrogens (tertiary/aromatic N) is 1. The summed E-state index contributed by atoms with van der Waals surface area (Å²) in [5.74, 6) is -1.21. The van der Waals surface area contributed by atoms with Gasteiger partial charge in [-0.05, 0) is 30.7 Å². The van der Waals surface area contributed by atoms with Crippen LogP contribution in [-0.4, -0.2) is 47.4 Å².